The molecule has 0 rings (SSSR count). The first-order valence-corrected chi connectivity index (χ1v) is 44.5. The van der Waals surface area contributed by atoms with Crippen LogP contribution in [-0.4, -0.2) is 96.7 Å². The van der Waals surface area contributed by atoms with Gasteiger partial charge in [0.25, 0.3) is 0 Å². The van der Waals surface area contributed by atoms with Crippen LogP contribution in [0, 0.1) is 11.8 Å². The summed E-state index contributed by atoms with van der Waals surface area (Å²) >= 11 is 0. The van der Waals surface area contributed by atoms with E-state index in [9.17, 15) is 43.2 Å². The van der Waals surface area contributed by atoms with Crippen molar-refractivity contribution in [2.24, 2.45) is 11.8 Å². The van der Waals surface area contributed by atoms with E-state index in [1.807, 2.05) is 0 Å². The molecule has 0 aromatic rings. The minimum Gasteiger partial charge on any atom is -0.462 e. The molecule has 0 spiro atoms. The van der Waals surface area contributed by atoms with E-state index in [1.54, 1.807) is 0 Å². The lowest BCUT2D eigenvalue weighted by Gasteiger charge is -2.21. The van der Waals surface area contributed by atoms with Crippen LogP contribution in [0.25, 0.3) is 0 Å². The highest BCUT2D eigenvalue weighted by atomic mass is 31.2. The molecule has 0 aromatic carbocycles. The SMILES string of the molecule is CCCCCCCCCCCCCCC(=O)O[C@H](COC(=O)CCCCCCCCCCCC)COP(=O)(O)OC[C@H](O)COP(=O)(O)OC[C@@H](COC(=O)CCCCCCCCCCCCCCCC(C)C)OC(=O)CCCCCCCCCCCCCCCCCCCCC(C)C. The molecule has 0 amide bonds. The fraction of sp³-hybridized carbons (Fsp3) is 0.950. The summed E-state index contributed by atoms with van der Waals surface area (Å²) in [5.74, 6) is -0.498. The molecule has 0 radical (unpaired) electrons. The lowest BCUT2D eigenvalue weighted by molar-refractivity contribution is -0.161. The fourth-order valence-electron chi connectivity index (χ4n) is 12.4. The second-order valence-electron chi connectivity index (χ2n) is 29.8. The number of phosphoric acid groups is 2. The van der Waals surface area contributed by atoms with Gasteiger partial charge in [-0.3, -0.25) is 37.3 Å². The molecule has 0 aliphatic carbocycles. The lowest BCUT2D eigenvalue weighted by Crippen LogP contribution is -2.30. The van der Waals surface area contributed by atoms with Gasteiger partial charge in [0, 0.05) is 25.7 Å². The first kappa shape index (κ1) is 97.1. The van der Waals surface area contributed by atoms with E-state index in [0.717, 1.165) is 102 Å². The van der Waals surface area contributed by atoms with Gasteiger partial charge >= 0.3 is 39.5 Å². The molecule has 17 nitrogen and oxygen atoms in total. The number of hydrogen-bond acceptors (Lipinski definition) is 15. The maximum absolute atomic E-state index is 13.1. The number of rotatable bonds is 79. The van der Waals surface area contributed by atoms with Crippen LogP contribution < -0.4 is 0 Å². The van der Waals surface area contributed by atoms with Gasteiger partial charge in [-0.15, -0.1) is 0 Å². The average Bonchev–Trinajstić information content (AvgIpc) is 0.997. The van der Waals surface area contributed by atoms with Crippen LogP contribution in [0.3, 0.4) is 0 Å². The molecular formula is C80H156O17P2. The van der Waals surface area contributed by atoms with Gasteiger partial charge in [0.2, 0.25) is 0 Å². The Morgan fingerprint density at radius 2 is 0.465 bits per heavy atom. The van der Waals surface area contributed by atoms with Gasteiger partial charge in [0.15, 0.2) is 12.2 Å². The summed E-state index contributed by atoms with van der Waals surface area (Å²) < 4.78 is 68.6. The third-order valence-electron chi connectivity index (χ3n) is 18.7. The molecular weight excluding hydrogens is 1290 g/mol. The summed E-state index contributed by atoms with van der Waals surface area (Å²) in [5, 5.41) is 10.6. The molecule has 0 bridgehead atoms. The van der Waals surface area contributed by atoms with Crippen molar-refractivity contribution in [3.8, 4) is 0 Å². The number of aliphatic hydroxyl groups excluding tert-OH is 1. The quantitative estimate of drug-likeness (QED) is 0.0222. The smallest absolute Gasteiger partial charge is 0.462 e. The third kappa shape index (κ3) is 74.1. The predicted molar refractivity (Wildman–Crippen MR) is 405 cm³/mol. The fourth-order valence-corrected chi connectivity index (χ4v) is 13.9. The Hall–Kier alpha value is -1.94. The van der Waals surface area contributed by atoms with Gasteiger partial charge in [-0.1, -0.05) is 369 Å². The summed E-state index contributed by atoms with van der Waals surface area (Å²) in [6.45, 7) is 9.67. The standard InChI is InChI=1S/C80H156O17P2/c1-7-9-11-13-15-17-19-33-40-46-52-58-64-79(84)96-75(68-90-77(82)62-56-50-44-38-18-16-14-12-10-8-2)70-94-98(86,87)92-66-74(81)67-93-99(88,89)95-71-76(69-91-78(83)63-57-51-45-39-34-30-26-28-32-37-43-49-55-61-73(5)6)97-80(85)65-59-53-47-41-35-29-25-23-21-20-22-24-27-31-36-42-48-54-60-72(3)4/h72-76,81H,7-71H2,1-6H3,(H,86,87)(H,88,89)/t74-,75+,76+/m0/s1. The monoisotopic (exact) mass is 1450 g/mol. The molecule has 0 aliphatic heterocycles. The Morgan fingerprint density at radius 1 is 0.273 bits per heavy atom. The third-order valence-corrected chi connectivity index (χ3v) is 20.6. The van der Waals surface area contributed by atoms with Crippen molar-refractivity contribution in [2.75, 3.05) is 39.6 Å². The zero-order valence-corrected chi connectivity index (χ0v) is 66.6. The van der Waals surface area contributed by atoms with Crippen molar-refractivity contribution in [2.45, 2.75) is 439 Å². The molecule has 0 heterocycles. The normalized spacial score (nSPS) is 13.9. The van der Waals surface area contributed by atoms with E-state index < -0.39 is 97.5 Å². The van der Waals surface area contributed by atoms with Gasteiger partial charge in [-0.25, -0.2) is 9.13 Å². The van der Waals surface area contributed by atoms with Crippen LogP contribution in [0.2, 0.25) is 0 Å². The van der Waals surface area contributed by atoms with Gasteiger partial charge in [0.05, 0.1) is 26.4 Å². The summed E-state index contributed by atoms with van der Waals surface area (Å²) in [4.78, 5) is 72.9. The Morgan fingerprint density at radius 3 is 0.687 bits per heavy atom. The van der Waals surface area contributed by atoms with Crippen molar-refractivity contribution in [1.29, 1.82) is 0 Å². The minimum absolute atomic E-state index is 0.108. The van der Waals surface area contributed by atoms with Crippen LogP contribution in [0.1, 0.15) is 420 Å². The topological polar surface area (TPSA) is 237 Å². The molecule has 0 saturated heterocycles. The van der Waals surface area contributed by atoms with Crippen molar-refractivity contribution >= 4 is 39.5 Å². The zero-order valence-electron chi connectivity index (χ0n) is 64.8. The second-order valence-corrected chi connectivity index (χ2v) is 32.7. The molecule has 3 N–H and O–H groups in total. The Bertz CT molecular complexity index is 1910. The number of phosphoric ester groups is 2. The molecule has 5 atom stereocenters. The predicted octanol–water partition coefficient (Wildman–Crippen LogP) is 23.9. The maximum Gasteiger partial charge on any atom is 0.472 e. The molecule has 0 saturated carbocycles. The van der Waals surface area contributed by atoms with Gasteiger partial charge < -0.3 is 33.8 Å². The van der Waals surface area contributed by atoms with E-state index in [0.29, 0.717) is 25.7 Å². The van der Waals surface area contributed by atoms with Crippen LogP contribution in [0.5, 0.6) is 0 Å². The molecule has 2 unspecified atom stereocenters. The molecule has 19 heteroatoms. The first-order valence-electron chi connectivity index (χ1n) is 41.5. The van der Waals surface area contributed by atoms with Crippen LogP contribution in [-0.2, 0) is 65.4 Å². The number of carbonyl (C=O) groups is 4. The number of carbonyl (C=O) groups excluding carboxylic acids is 4. The van der Waals surface area contributed by atoms with Crippen LogP contribution in [0.15, 0.2) is 0 Å². The number of esters is 4. The molecule has 588 valence electrons. The summed E-state index contributed by atoms with van der Waals surface area (Å²) in [6, 6.07) is 0. The average molecular weight is 1450 g/mol. The second kappa shape index (κ2) is 71.7. The van der Waals surface area contributed by atoms with Crippen LogP contribution >= 0.6 is 15.6 Å². The Kier molecular flexibility index (Phi) is 70.3. The lowest BCUT2D eigenvalue weighted by atomic mass is 10.0. The van der Waals surface area contributed by atoms with Gasteiger partial charge in [-0.05, 0) is 37.5 Å². The summed E-state index contributed by atoms with van der Waals surface area (Å²) in [7, 11) is -9.91. The highest BCUT2D eigenvalue weighted by molar-refractivity contribution is 7.47. The van der Waals surface area contributed by atoms with Crippen LogP contribution in [0.4, 0.5) is 0 Å². The van der Waals surface area contributed by atoms with Crippen molar-refractivity contribution < 1.29 is 80.2 Å². The highest BCUT2D eigenvalue weighted by Crippen LogP contribution is 2.45. The number of unbranched alkanes of at least 4 members (excludes halogenated alkanes) is 49. The molecule has 99 heavy (non-hydrogen) atoms. The number of hydrogen-bond donors (Lipinski definition) is 3. The van der Waals surface area contributed by atoms with E-state index in [2.05, 4.69) is 41.5 Å². The first-order chi connectivity index (χ1) is 47.9. The highest BCUT2D eigenvalue weighted by Gasteiger charge is 2.30. The van der Waals surface area contributed by atoms with Crippen molar-refractivity contribution in [3.63, 3.8) is 0 Å². The van der Waals surface area contributed by atoms with E-state index in [1.165, 1.54) is 238 Å². The molecule has 0 aliphatic rings. The Labute approximate surface area is 607 Å². The van der Waals surface area contributed by atoms with E-state index in [4.69, 9.17) is 37.0 Å². The Balaban J connectivity index is 5.21. The van der Waals surface area contributed by atoms with Gasteiger partial charge in [-0.2, -0.15) is 0 Å². The largest absolute Gasteiger partial charge is 0.472 e. The maximum atomic E-state index is 13.1. The van der Waals surface area contributed by atoms with Crippen molar-refractivity contribution in [1.82, 2.24) is 0 Å². The van der Waals surface area contributed by atoms with Gasteiger partial charge in [0.1, 0.15) is 19.3 Å². The zero-order chi connectivity index (χ0) is 72.8. The van der Waals surface area contributed by atoms with Crippen molar-refractivity contribution in [3.05, 3.63) is 0 Å². The van der Waals surface area contributed by atoms with E-state index >= 15 is 0 Å². The summed E-state index contributed by atoms with van der Waals surface area (Å²) in [5.41, 5.74) is 0. The molecule has 0 aromatic heterocycles. The van der Waals surface area contributed by atoms with E-state index in [-0.39, 0.29) is 25.7 Å². The summed E-state index contributed by atoms with van der Waals surface area (Å²) in [6.07, 6.45) is 61.0. The number of ether oxygens (including phenoxy) is 4. The number of aliphatic hydroxyl groups is 1. The minimum atomic E-state index is -4.96. The molecule has 0 fully saturated rings.